The van der Waals surface area contributed by atoms with Crippen molar-refractivity contribution in [3.63, 3.8) is 0 Å². The number of rotatable bonds is 5. The molecule has 0 aliphatic carbocycles. The SMILES string of the molecule is COc1c(Br)cc(C=NN=C2NC(=O)C(CC(=O)O)S2)cc1C(F)(F)F. The number of benzene rings is 1. The van der Waals surface area contributed by atoms with E-state index in [1.807, 2.05) is 0 Å². The van der Waals surface area contributed by atoms with Crippen molar-refractivity contribution in [1.82, 2.24) is 5.32 Å². The number of amidine groups is 1. The lowest BCUT2D eigenvalue weighted by Gasteiger charge is -2.14. The van der Waals surface area contributed by atoms with E-state index in [0.29, 0.717) is 0 Å². The maximum Gasteiger partial charge on any atom is 0.420 e. The molecule has 140 valence electrons. The van der Waals surface area contributed by atoms with Crippen molar-refractivity contribution in [1.29, 1.82) is 0 Å². The van der Waals surface area contributed by atoms with Crippen LogP contribution in [-0.4, -0.2) is 40.7 Å². The molecule has 0 spiro atoms. The summed E-state index contributed by atoms with van der Waals surface area (Å²) in [5.41, 5.74) is -0.876. The first-order valence-electron chi connectivity index (χ1n) is 6.87. The molecule has 1 aliphatic rings. The van der Waals surface area contributed by atoms with E-state index >= 15 is 0 Å². The van der Waals surface area contributed by atoms with Gasteiger partial charge in [-0.05, 0) is 33.6 Å². The number of carboxylic acid groups (broad SMARTS) is 1. The molecule has 0 aromatic heterocycles. The van der Waals surface area contributed by atoms with E-state index in [1.165, 1.54) is 6.07 Å². The van der Waals surface area contributed by atoms with Crippen LogP contribution in [0.5, 0.6) is 5.75 Å². The van der Waals surface area contributed by atoms with E-state index in [1.54, 1.807) is 0 Å². The van der Waals surface area contributed by atoms with Crippen molar-refractivity contribution < 1.29 is 32.6 Å². The highest BCUT2D eigenvalue weighted by molar-refractivity contribution is 9.10. The van der Waals surface area contributed by atoms with Gasteiger partial charge in [-0.15, -0.1) is 5.10 Å². The molecule has 1 heterocycles. The topological polar surface area (TPSA) is 100 Å². The van der Waals surface area contributed by atoms with Crippen molar-refractivity contribution in [2.45, 2.75) is 17.8 Å². The van der Waals surface area contributed by atoms with Gasteiger partial charge in [-0.2, -0.15) is 18.3 Å². The molecule has 26 heavy (non-hydrogen) atoms. The summed E-state index contributed by atoms with van der Waals surface area (Å²) in [4.78, 5) is 22.2. The molecular formula is C14H11BrF3N3O4S. The second-order valence-corrected chi connectivity index (χ2v) is 6.97. The molecule has 1 amide bonds. The van der Waals surface area contributed by atoms with Crippen LogP contribution in [0.4, 0.5) is 13.2 Å². The van der Waals surface area contributed by atoms with Crippen LogP contribution in [-0.2, 0) is 15.8 Å². The first-order chi connectivity index (χ1) is 12.1. The van der Waals surface area contributed by atoms with Crippen LogP contribution in [0.1, 0.15) is 17.5 Å². The molecule has 1 aromatic carbocycles. The van der Waals surface area contributed by atoms with Crippen LogP contribution in [0.2, 0.25) is 0 Å². The monoisotopic (exact) mass is 453 g/mol. The summed E-state index contributed by atoms with van der Waals surface area (Å²) in [5.74, 6) is -2.00. The average molecular weight is 454 g/mol. The minimum absolute atomic E-state index is 0.0705. The Kier molecular flexibility index (Phi) is 6.29. The Morgan fingerprint density at radius 3 is 2.77 bits per heavy atom. The van der Waals surface area contributed by atoms with Gasteiger partial charge in [-0.1, -0.05) is 11.8 Å². The summed E-state index contributed by atoms with van der Waals surface area (Å²) in [7, 11) is 1.13. The second-order valence-electron chi connectivity index (χ2n) is 4.92. The molecule has 7 nitrogen and oxygen atoms in total. The first kappa shape index (κ1) is 20.2. The van der Waals surface area contributed by atoms with E-state index in [4.69, 9.17) is 9.84 Å². The lowest BCUT2D eigenvalue weighted by atomic mass is 10.1. The highest BCUT2D eigenvalue weighted by atomic mass is 79.9. The average Bonchev–Trinajstić information content (AvgIpc) is 2.85. The third-order valence-corrected chi connectivity index (χ3v) is 4.73. The van der Waals surface area contributed by atoms with Crippen LogP contribution in [0.15, 0.2) is 26.8 Å². The molecule has 2 N–H and O–H groups in total. The Morgan fingerprint density at radius 2 is 2.19 bits per heavy atom. The number of hydrogen-bond donors (Lipinski definition) is 2. The molecular weight excluding hydrogens is 443 g/mol. The van der Waals surface area contributed by atoms with Gasteiger partial charge in [0.15, 0.2) is 5.17 Å². The lowest BCUT2D eigenvalue weighted by molar-refractivity contribution is -0.139. The zero-order chi connectivity index (χ0) is 19.5. The number of aliphatic carboxylic acids is 1. The van der Waals surface area contributed by atoms with Gasteiger partial charge in [0.2, 0.25) is 5.91 Å². The van der Waals surface area contributed by atoms with Gasteiger partial charge < -0.3 is 15.2 Å². The number of halogens is 4. The zero-order valence-electron chi connectivity index (χ0n) is 13.0. The largest absolute Gasteiger partial charge is 0.495 e. The minimum Gasteiger partial charge on any atom is -0.495 e. The molecule has 1 aromatic rings. The summed E-state index contributed by atoms with van der Waals surface area (Å²) < 4.78 is 44.1. The Hall–Kier alpha value is -2.08. The maximum atomic E-state index is 13.1. The number of methoxy groups -OCH3 is 1. The number of nitrogens with one attached hydrogen (secondary N) is 1. The van der Waals surface area contributed by atoms with E-state index in [9.17, 15) is 22.8 Å². The zero-order valence-corrected chi connectivity index (χ0v) is 15.4. The molecule has 1 unspecified atom stereocenters. The third kappa shape index (κ3) is 4.97. The summed E-state index contributed by atoms with van der Waals surface area (Å²) in [6, 6.07) is 2.21. The Balaban J connectivity index is 2.20. The summed E-state index contributed by atoms with van der Waals surface area (Å²) >= 11 is 3.89. The molecule has 1 aliphatic heterocycles. The number of carbonyl (C=O) groups is 2. The number of hydrogen-bond acceptors (Lipinski definition) is 6. The van der Waals surface area contributed by atoms with Gasteiger partial charge >= 0.3 is 12.1 Å². The van der Waals surface area contributed by atoms with Crippen LogP contribution in [0.25, 0.3) is 0 Å². The predicted octanol–water partition coefficient (Wildman–Crippen LogP) is 2.87. The summed E-state index contributed by atoms with van der Waals surface area (Å²) in [6.45, 7) is 0. The fourth-order valence-electron chi connectivity index (χ4n) is 2.00. The molecule has 1 saturated heterocycles. The van der Waals surface area contributed by atoms with E-state index < -0.39 is 28.9 Å². The van der Waals surface area contributed by atoms with E-state index in [-0.39, 0.29) is 27.4 Å². The van der Waals surface area contributed by atoms with Gasteiger partial charge in [0, 0.05) is 0 Å². The number of carboxylic acids is 1. The van der Waals surface area contributed by atoms with Gasteiger partial charge in [0.25, 0.3) is 0 Å². The minimum atomic E-state index is -4.62. The van der Waals surface area contributed by atoms with E-state index in [2.05, 4.69) is 31.4 Å². The molecule has 0 saturated carbocycles. The van der Waals surface area contributed by atoms with Crippen molar-refractivity contribution in [3.05, 3.63) is 27.7 Å². The normalized spacial score (nSPS) is 19.2. The maximum absolute atomic E-state index is 13.1. The fourth-order valence-corrected chi connectivity index (χ4v) is 3.56. The van der Waals surface area contributed by atoms with Crippen molar-refractivity contribution in [3.8, 4) is 5.75 Å². The van der Waals surface area contributed by atoms with Crippen LogP contribution >= 0.6 is 27.7 Å². The quantitative estimate of drug-likeness (QED) is 0.527. The highest BCUT2D eigenvalue weighted by Crippen LogP contribution is 2.40. The van der Waals surface area contributed by atoms with Gasteiger partial charge in [0.1, 0.15) is 11.0 Å². The molecule has 12 heteroatoms. The summed E-state index contributed by atoms with van der Waals surface area (Å²) in [6.07, 6.45) is -3.92. The van der Waals surface area contributed by atoms with Crippen molar-refractivity contribution in [2.24, 2.45) is 10.2 Å². The Labute approximate surface area is 157 Å². The van der Waals surface area contributed by atoms with Crippen molar-refractivity contribution in [2.75, 3.05) is 7.11 Å². The van der Waals surface area contributed by atoms with Gasteiger partial charge in [-0.25, -0.2) is 0 Å². The van der Waals surface area contributed by atoms with Crippen LogP contribution in [0.3, 0.4) is 0 Å². The van der Waals surface area contributed by atoms with Crippen LogP contribution < -0.4 is 10.1 Å². The smallest absolute Gasteiger partial charge is 0.420 e. The standard InChI is InChI=1S/C14H11BrF3N3O4S/c1-25-11-7(14(16,17)18)2-6(3-8(11)15)5-19-21-13-20-12(24)9(26-13)4-10(22)23/h2-3,5,9H,4H2,1H3,(H,22,23)(H,20,21,24). The fraction of sp³-hybridized carbons (Fsp3) is 0.286. The number of carbonyl (C=O) groups excluding carboxylic acids is 1. The number of nitrogens with zero attached hydrogens (tertiary/aromatic N) is 2. The summed E-state index contributed by atoms with van der Waals surface area (Å²) in [5, 5.41) is 17.6. The predicted molar refractivity (Wildman–Crippen MR) is 92.5 cm³/mol. The molecule has 2 rings (SSSR count). The number of thioether (sulfide) groups is 1. The molecule has 0 bridgehead atoms. The van der Waals surface area contributed by atoms with Gasteiger partial charge in [0.05, 0.1) is 29.8 Å². The Morgan fingerprint density at radius 1 is 1.50 bits per heavy atom. The number of alkyl halides is 3. The number of ether oxygens (including phenoxy) is 1. The lowest BCUT2D eigenvalue weighted by Crippen LogP contribution is -2.26. The van der Waals surface area contributed by atoms with E-state index in [0.717, 1.165) is 31.2 Å². The first-order valence-corrected chi connectivity index (χ1v) is 8.54. The van der Waals surface area contributed by atoms with Crippen LogP contribution in [0, 0.1) is 0 Å². The molecule has 0 radical (unpaired) electrons. The Bertz CT molecular complexity index is 798. The molecule has 1 atom stereocenters. The second kappa shape index (κ2) is 8.08. The third-order valence-electron chi connectivity index (χ3n) is 3.07. The molecule has 1 fully saturated rings. The highest BCUT2D eigenvalue weighted by Gasteiger charge is 2.35. The van der Waals surface area contributed by atoms with Gasteiger partial charge in [-0.3, -0.25) is 9.59 Å². The number of amides is 1. The van der Waals surface area contributed by atoms with Crippen molar-refractivity contribution >= 4 is 51.0 Å².